The van der Waals surface area contributed by atoms with Crippen molar-refractivity contribution in [3.63, 3.8) is 0 Å². The second-order valence-electron chi connectivity index (χ2n) is 5.71. The normalized spacial score (nSPS) is 18.0. The summed E-state index contributed by atoms with van der Waals surface area (Å²) in [6.45, 7) is 2.60. The first-order valence-corrected chi connectivity index (χ1v) is 7.53. The molecule has 2 aromatic rings. The second-order valence-corrected chi connectivity index (χ2v) is 5.71. The standard InChI is InChI=1S/C17H18FN3O2/c18-15-8-13(17(22)23)9-19-16(15)20-14-6-7-21(11-14)10-12-4-2-1-3-5-12/h1-5,8-9,14H,6-7,10-11H2,(H,19,20)(H,22,23)/t14-/m1/s1. The molecule has 0 amide bonds. The van der Waals surface area contributed by atoms with Crippen LogP contribution in [0.1, 0.15) is 22.3 Å². The van der Waals surface area contributed by atoms with Crippen LogP contribution in [0.15, 0.2) is 42.6 Å². The number of anilines is 1. The maximum absolute atomic E-state index is 13.9. The molecule has 5 nitrogen and oxygen atoms in total. The molecule has 0 saturated carbocycles. The van der Waals surface area contributed by atoms with Gasteiger partial charge in [0.1, 0.15) is 0 Å². The van der Waals surface area contributed by atoms with Crippen LogP contribution in [-0.2, 0) is 6.54 Å². The summed E-state index contributed by atoms with van der Waals surface area (Å²) in [7, 11) is 0. The Morgan fingerprint density at radius 2 is 2.17 bits per heavy atom. The monoisotopic (exact) mass is 315 g/mol. The lowest BCUT2D eigenvalue weighted by Gasteiger charge is -2.17. The zero-order valence-electron chi connectivity index (χ0n) is 12.6. The lowest BCUT2D eigenvalue weighted by Crippen LogP contribution is -2.26. The molecule has 0 aliphatic carbocycles. The maximum atomic E-state index is 13.9. The van der Waals surface area contributed by atoms with E-state index in [1.807, 2.05) is 18.2 Å². The minimum atomic E-state index is -1.18. The largest absolute Gasteiger partial charge is 0.478 e. The molecule has 6 heteroatoms. The molecule has 1 fully saturated rings. The Bertz CT molecular complexity index is 693. The van der Waals surface area contributed by atoms with Gasteiger partial charge in [-0.05, 0) is 18.1 Å². The van der Waals surface area contributed by atoms with Crippen molar-refractivity contribution in [2.45, 2.75) is 19.0 Å². The van der Waals surface area contributed by atoms with Crippen LogP contribution in [0.25, 0.3) is 0 Å². The van der Waals surface area contributed by atoms with Crippen LogP contribution in [0.5, 0.6) is 0 Å². The van der Waals surface area contributed by atoms with Crippen molar-refractivity contribution in [3.8, 4) is 0 Å². The molecule has 23 heavy (non-hydrogen) atoms. The Kier molecular flexibility index (Phi) is 4.52. The number of aromatic nitrogens is 1. The molecule has 2 heterocycles. The van der Waals surface area contributed by atoms with Gasteiger partial charge in [0, 0.05) is 31.9 Å². The van der Waals surface area contributed by atoms with Gasteiger partial charge in [-0.2, -0.15) is 0 Å². The van der Waals surface area contributed by atoms with E-state index in [9.17, 15) is 9.18 Å². The summed E-state index contributed by atoms with van der Waals surface area (Å²) in [6, 6.07) is 11.3. The fraction of sp³-hybridized carbons (Fsp3) is 0.294. The van der Waals surface area contributed by atoms with E-state index in [4.69, 9.17) is 5.11 Å². The summed E-state index contributed by atoms with van der Waals surface area (Å²) in [5.74, 6) is -1.70. The van der Waals surface area contributed by atoms with Gasteiger partial charge >= 0.3 is 5.97 Å². The van der Waals surface area contributed by atoms with Gasteiger partial charge in [-0.3, -0.25) is 4.90 Å². The van der Waals surface area contributed by atoms with Crippen molar-refractivity contribution in [1.29, 1.82) is 0 Å². The molecule has 1 aliphatic heterocycles. The number of carboxylic acids is 1. The van der Waals surface area contributed by atoms with Gasteiger partial charge in [-0.1, -0.05) is 30.3 Å². The van der Waals surface area contributed by atoms with E-state index < -0.39 is 11.8 Å². The molecule has 1 saturated heterocycles. The smallest absolute Gasteiger partial charge is 0.337 e. The molecular formula is C17H18FN3O2. The van der Waals surface area contributed by atoms with Gasteiger partial charge in [0.2, 0.25) is 0 Å². The number of halogens is 1. The van der Waals surface area contributed by atoms with Gasteiger partial charge < -0.3 is 10.4 Å². The predicted octanol–water partition coefficient (Wildman–Crippen LogP) is 2.61. The summed E-state index contributed by atoms with van der Waals surface area (Å²) in [4.78, 5) is 17.0. The van der Waals surface area contributed by atoms with E-state index in [2.05, 4.69) is 27.3 Å². The molecule has 0 bridgehead atoms. The summed E-state index contributed by atoms with van der Waals surface area (Å²) < 4.78 is 13.9. The highest BCUT2D eigenvalue weighted by molar-refractivity contribution is 5.87. The Morgan fingerprint density at radius 3 is 2.87 bits per heavy atom. The van der Waals surface area contributed by atoms with E-state index in [1.54, 1.807) is 0 Å². The Balaban J connectivity index is 1.59. The minimum Gasteiger partial charge on any atom is -0.478 e. The van der Waals surface area contributed by atoms with E-state index in [-0.39, 0.29) is 17.4 Å². The highest BCUT2D eigenvalue weighted by Crippen LogP contribution is 2.19. The van der Waals surface area contributed by atoms with Gasteiger partial charge in [-0.25, -0.2) is 14.2 Å². The zero-order chi connectivity index (χ0) is 16.2. The number of pyridine rings is 1. The Morgan fingerprint density at radius 1 is 1.39 bits per heavy atom. The number of carboxylic acid groups (broad SMARTS) is 1. The molecule has 1 aliphatic rings. The van der Waals surface area contributed by atoms with Crippen molar-refractivity contribution in [3.05, 3.63) is 59.5 Å². The first-order chi connectivity index (χ1) is 11.1. The van der Waals surface area contributed by atoms with E-state index in [1.165, 1.54) is 11.8 Å². The van der Waals surface area contributed by atoms with Crippen molar-refractivity contribution in [1.82, 2.24) is 9.88 Å². The molecular weight excluding hydrogens is 297 g/mol. The number of nitrogens with zero attached hydrogens (tertiary/aromatic N) is 2. The Hall–Kier alpha value is -2.47. The maximum Gasteiger partial charge on any atom is 0.337 e. The average Bonchev–Trinajstić information content (AvgIpc) is 2.97. The molecule has 1 aromatic heterocycles. The van der Waals surface area contributed by atoms with Crippen molar-refractivity contribution in [2.24, 2.45) is 0 Å². The predicted molar refractivity (Wildman–Crippen MR) is 84.9 cm³/mol. The molecule has 120 valence electrons. The number of hydrogen-bond donors (Lipinski definition) is 2. The number of carbonyl (C=O) groups is 1. The molecule has 3 rings (SSSR count). The Labute approximate surface area is 133 Å². The van der Waals surface area contributed by atoms with Crippen LogP contribution in [0.3, 0.4) is 0 Å². The van der Waals surface area contributed by atoms with Crippen LogP contribution in [0.4, 0.5) is 10.2 Å². The van der Waals surface area contributed by atoms with E-state index >= 15 is 0 Å². The molecule has 0 unspecified atom stereocenters. The summed E-state index contributed by atoms with van der Waals surface area (Å²) in [6.07, 6.45) is 2.07. The summed E-state index contributed by atoms with van der Waals surface area (Å²) in [5.41, 5.74) is 1.11. The van der Waals surface area contributed by atoms with Crippen LogP contribution >= 0.6 is 0 Å². The lowest BCUT2D eigenvalue weighted by atomic mass is 10.2. The van der Waals surface area contributed by atoms with Crippen LogP contribution in [-0.4, -0.2) is 40.1 Å². The van der Waals surface area contributed by atoms with Crippen molar-refractivity contribution in [2.75, 3.05) is 18.4 Å². The molecule has 0 radical (unpaired) electrons. The fourth-order valence-electron chi connectivity index (χ4n) is 2.79. The van der Waals surface area contributed by atoms with Gasteiger partial charge in [0.15, 0.2) is 11.6 Å². The quantitative estimate of drug-likeness (QED) is 0.888. The molecule has 0 spiro atoms. The topological polar surface area (TPSA) is 65.5 Å². The van der Waals surface area contributed by atoms with Crippen LogP contribution < -0.4 is 5.32 Å². The number of rotatable bonds is 5. The lowest BCUT2D eigenvalue weighted by molar-refractivity contribution is 0.0696. The van der Waals surface area contributed by atoms with Gasteiger partial charge in [0.25, 0.3) is 0 Å². The number of nitrogens with one attached hydrogen (secondary N) is 1. The molecule has 1 aromatic carbocycles. The molecule has 1 atom stereocenters. The SMILES string of the molecule is O=C(O)c1cnc(N[C@@H]2CCN(Cc3ccccc3)C2)c(F)c1. The zero-order valence-corrected chi connectivity index (χ0v) is 12.6. The highest BCUT2D eigenvalue weighted by Gasteiger charge is 2.23. The first kappa shape index (κ1) is 15.4. The second kappa shape index (κ2) is 6.75. The third kappa shape index (κ3) is 3.84. The highest BCUT2D eigenvalue weighted by atomic mass is 19.1. The summed E-state index contributed by atoms with van der Waals surface area (Å²) in [5, 5.41) is 11.9. The number of benzene rings is 1. The van der Waals surface area contributed by atoms with Gasteiger partial charge in [0.05, 0.1) is 5.56 Å². The first-order valence-electron chi connectivity index (χ1n) is 7.53. The van der Waals surface area contributed by atoms with E-state index in [0.717, 1.165) is 32.1 Å². The van der Waals surface area contributed by atoms with Crippen LogP contribution in [0, 0.1) is 5.82 Å². The van der Waals surface area contributed by atoms with Crippen LogP contribution in [0.2, 0.25) is 0 Å². The fourth-order valence-corrected chi connectivity index (χ4v) is 2.79. The summed E-state index contributed by atoms with van der Waals surface area (Å²) >= 11 is 0. The van der Waals surface area contributed by atoms with Crippen molar-refractivity contribution >= 4 is 11.8 Å². The average molecular weight is 315 g/mol. The third-order valence-corrected chi connectivity index (χ3v) is 3.95. The number of aromatic carboxylic acids is 1. The number of likely N-dealkylation sites (tertiary alicyclic amines) is 1. The number of hydrogen-bond acceptors (Lipinski definition) is 4. The van der Waals surface area contributed by atoms with Gasteiger partial charge in [-0.15, -0.1) is 0 Å². The minimum absolute atomic E-state index is 0.108. The van der Waals surface area contributed by atoms with E-state index in [0.29, 0.717) is 0 Å². The molecule has 2 N–H and O–H groups in total. The third-order valence-electron chi connectivity index (χ3n) is 3.95. The van der Waals surface area contributed by atoms with Crippen molar-refractivity contribution < 1.29 is 14.3 Å².